The molecule has 2 rings (SSSR count). The average Bonchev–Trinajstić information content (AvgIpc) is 2.14. The van der Waals surface area contributed by atoms with Crippen molar-refractivity contribution < 1.29 is 4.79 Å². The minimum Gasteiger partial charge on any atom is -0.316 e. The van der Waals surface area contributed by atoms with Crippen LogP contribution < -0.4 is 5.32 Å². The first-order valence-electron chi connectivity index (χ1n) is 6.09. The molecule has 0 aromatic carbocycles. The van der Waals surface area contributed by atoms with Crippen LogP contribution in [-0.4, -0.2) is 18.9 Å². The zero-order valence-corrected chi connectivity index (χ0v) is 8.93. The number of piperidine rings is 1. The summed E-state index contributed by atoms with van der Waals surface area (Å²) in [5.74, 6) is 1.76. The lowest BCUT2D eigenvalue weighted by Gasteiger charge is -2.26. The van der Waals surface area contributed by atoms with E-state index in [1.54, 1.807) is 0 Å². The van der Waals surface area contributed by atoms with Crippen molar-refractivity contribution in [1.82, 2.24) is 5.32 Å². The van der Waals surface area contributed by atoms with Gasteiger partial charge in [-0.25, -0.2) is 0 Å². The lowest BCUT2D eigenvalue weighted by Crippen LogP contribution is -2.30. The molecule has 1 aliphatic carbocycles. The first-order valence-corrected chi connectivity index (χ1v) is 6.09. The molecule has 0 amide bonds. The molecule has 1 N–H and O–H groups in total. The third-order valence-corrected chi connectivity index (χ3v) is 3.76. The normalized spacial score (nSPS) is 28.4. The second-order valence-corrected chi connectivity index (χ2v) is 4.85. The average molecular weight is 195 g/mol. The van der Waals surface area contributed by atoms with Gasteiger partial charge in [-0.3, -0.25) is 4.79 Å². The van der Waals surface area contributed by atoms with Crippen molar-refractivity contribution in [2.45, 2.75) is 44.9 Å². The smallest absolute Gasteiger partial charge is 0.135 e. The molecule has 2 heteroatoms. The molecule has 0 aromatic rings. The van der Waals surface area contributed by atoms with Gasteiger partial charge < -0.3 is 5.32 Å². The Kier molecular flexibility index (Phi) is 3.57. The molecule has 0 aromatic heterocycles. The summed E-state index contributed by atoms with van der Waals surface area (Å²) in [6.07, 6.45) is 8.21. The summed E-state index contributed by atoms with van der Waals surface area (Å²) in [7, 11) is 0. The lowest BCUT2D eigenvalue weighted by atomic mass is 9.79. The monoisotopic (exact) mass is 195 g/mol. The third kappa shape index (κ3) is 2.57. The van der Waals surface area contributed by atoms with Crippen LogP contribution in [0.1, 0.15) is 44.9 Å². The van der Waals surface area contributed by atoms with E-state index in [1.165, 1.54) is 38.6 Å². The fraction of sp³-hybridized carbons (Fsp3) is 0.917. The van der Waals surface area contributed by atoms with Gasteiger partial charge in [-0.2, -0.15) is 0 Å². The minimum absolute atomic E-state index is 0.451. The fourth-order valence-corrected chi connectivity index (χ4v) is 2.45. The summed E-state index contributed by atoms with van der Waals surface area (Å²) >= 11 is 0. The Bertz CT molecular complexity index is 192. The number of rotatable bonds is 4. The highest BCUT2D eigenvalue weighted by Gasteiger charge is 2.25. The maximum absolute atomic E-state index is 11.6. The Morgan fingerprint density at radius 2 is 2.07 bits per heavy atom. The molecule has 0 spiro atoms. The second kappa shape index (κ2) is 4.92. The van der Waals surface area contributed by atoms with Crippen LogP contribution in [-0.2, 0) is 4.79 Å². The van der Waals surface area contributed by atoms with Crippen LogP contribution in [0.2, 0.25) is 0 Å². The number of carbonyl (C=O) groups excluding carboxylic acids is 1. The second-order valence-electron chi connectivity index (χ2n) is 4.85. The standard InChI is InChI=1S/C12H21NO/c14-12(11-4-1-5-11)7-6-10-3-2-8-13-9-10/h10-11,13H,1-9H2. The van der Waals surface area contributed by atoms with Crippen LogP contribution >= 0.6 is 0 Å². The quantitative estimate of drug-likeness (QED) is 0.744. The van der Waals surface area contributed by atoms with Gasteiger partial charge in [0.1, 0.15) is 5.78 Å². The van der Waals surface area contributed by atoms with E-state index in [0.717, 1.165) is 25.3 Å². The summed E-state index contributed by atoms with van der Waals surface area (Å²) in [6, 6.07) is 0. The molecule has 1 atom stereocenters. The molecule has 1 saturated heterocycles. The van der Waals surface area contributed by atoms with Crippen molar-refractivity contribution >= 4 is 5.78 Å². The Morgan fingerprint density at radius 1 is 1.21 bits per heavy atom. The van der Waals surface area contributed by atoms with Crippen LogP contribution in [0, 0.1) is 11.8 Å². The fourth-order valence-electron chi connectivity index (χ4n) is 2.45. The topological polar surface area (TPSA) is 29.1 Å². The molecule has 14 heavy (non-hydrogen) atoms. The number of nitrogens with one attached hydrogen (secondary N) is 1. The zero-order valence-electron chi connectivity index (χ0n) is 8.93. The lowest BCUT2D eigenvalue weighted by molar-refractivity contribution is -0.125. The molecule has 2 fully saturated rings. The van der Waals surface area contributed by atoms with Gasteiger partial charge in [0.15, 0.2) is 0 Å². The number of hydrogen-bond acceptors (Lipinski definition) is 2. The zero-order chi connectivity index (χ0) is 9.80. The Morgan fingerprint density at radius 3 is 2.64 bits per heavy atom. The van der Waals surface area contributed by atoms with Gasteiger partial charge in [0, 0.05) is 12.3 Å². The first-order chi connectivity index (χ1) is 6.86. The molecule has 80 valence electrons. The van der Waals surface area contributed by atoms with E-state index in [1.807, 2.05) is 0 Å². The first kappa shape index (κ1) is 10.2. The van der Waals surface area contributed by atoms with Gasteiger partial charge in [-0.05, 0) is 51.1 Å². The van der Waals surface area contributed by atoms with Crippen molar-refractivity contribution in [3.63, 3.8) is 0 Å². The van der Waals surface area contributed by atoms with Crippen molar-refractivity contribution in [3.05, 3.63) is 0 Å². The molecule has 1 saturated carbocycles. The summed E-state index contributed by atoms with van der Waals surface area (Å²) in [5, 5.41) is 3.40. The molecule has 1 heterocycles. The molecule has 0 radical (unpaired) electrons. The predicted molar refractivity (Wildman–Crippen MR) is 57.2 cm³/mol. The Labute approximate surface area is 86.5 Å². The van der Waals surface area contributed by atoms with Crippen molar-refractivity contribution in [2.75, 3.05) is 13.1 Å². The summed E-state index contributed by atoms with van der Waals surface area (Å²) in [6.45, 7) is 2.31. The van der Waals surface area contributed by atoms with E-state index in [4.69, 9.17) is 0 Å². The predicted octanol–water partition coefficient (Wildman–Crippen LogP) is 2.14. The van der Waals surface area contributed by atoms with E-state index >= 15 is 0 Å². The SMILES string of the molecule is O=C(CCC1CCCNC1)C1CCC1. The summed E-state index contributed by atoms with van der Waals surface area (Å²) in [4.78, 5) is 11.6. The Balaban J connectivity index is 1.62. The molecule has 0 bridgehead atoms. The van der Waals surface area contributed by atoms with E-state index in [-0.39, 0.29) is 0 Å². The molecule has 1 unspecified atom stereocenters. The molecule has 2 aliphatic rings. The van der Waals surface area contributed by atoms with Gasteiger partial charge >= 0.3 is 0 Å². The van der Waals surface area contributed by atoms with E-state index in [2.05, 4.69) is 5.32 Å². The Hall–Kier alpha value is -0.370. The van der Waals surface area contributed by atoms with Crippen molar-refractivity contribution in [2.24, 2.45) is 11.8 Å². The van der Waals surface area contributed by atoms with E-state index < -0.39 is 0 Å². The largest absolute Gasteiger partial charge is 0.316 e. The highest BCUT2D eigenvalue weighted by Crippen LogP contribution is 2.29. The van der Waals surface area contributed by atoms with Gasteiger partial charge in [0.25, 0.3) is 0 Å². The minimum atomic E-state index is 0.451. The maximum atomic E-state index is 11.6. The molecular formula is C12H21NO. The number of ketones is 1. The van der Waals surface area contributed by atoms with Crippen molar-refractivity contribution in [3.8, 4) is 0 Å². The van der Waals surface area contributed by atoms with Crippen LogP contribution in [0.5, 0.6) is 0 Å². The van der Waals surface area contributed by atoms with Gasteiger partial charge in [-0.15, -0.1) is 0 Å². The molecular weight excluding hydrogens is 174 g/mol. The van der Waals surface area contributed by atoms with Gasteiger partial charge in [0.2, 0.25) is 0 Å². The molecule has 1 aliphatic heterocycles. The maximum Gasteiger partial charge on any atom is 0.135 e. The van der Waals surface area contributed by atoms with Crippen LogP contribution in [0.25, 0.3) is 0 Å². The van der Waals surface area contributed by atoms with E-state index in [9.17, 15) is 4.79 Å². The number of carbonyl (C=O) groups is 1. The third-order valence-electron chi connectivity index (χ3n) is 3.76. The van der Waals surface area contributed by atoms with Crippen molar-refractivity contribution in [1.29, 1.82) is 0 Å². The highest BCUT2D eigenvalue weighted by atomic mass is 16.1. The molecule has 2 nitrogen and oxygen atoms in total. The van der Waals surface area contributed by atoms with Crippen LogP contribution in [0.3, 0.4) is 0 Å². The van der Waals surface area contributed by atoms with Gasteiger partial charge in [0.05, 0.1) is 0 Å². The number of Topliss-reactive ketones (excluding diaryl/α,β-unsaturated/α-hetero) is 1. The van der Waals surface area contributed by atoms with Crippen LogP contribution in [0.4, 0.5) is 0 Å². The summed E-state index contributed by atoms with van der Waals surface area (Å²) < 4.78 is 0. The summed E-state index contributed by atoms with van der Waals surface area (Å²) in [5.41, 5.74) is 0. The number of hydrogen-bond donors (Lipinski definition) is 1. The highest BCUT2D eigenvalue weighted by molar-refractivity contribution is 5.81. The van der Waals surface area contributed by atoms with E-state index in [0.29, 0.717) is 11.7 Å². The van der Waals surface area contributed by atoms with Crippen LogP contribution in [0.15, 0.2) is 0 Å². The van der Waals surface area contributed by atoms with Gasteiger partial charge in [-0.1, -0.05) is 6.42 Å².